The molecule has 1 aliphatic carbocycles. The van der Waals surface area contributed by atoms with Crippen LogP contribution in [0.2, 0.25) is 0 Å². The number of rotatable bonds is 8. The highest BCUT2D eigenvalue weighted by Gasteiger charge is 2.30. The van der Waals surface area contributed by atoms with Crippen LogP contribution in [0.25, 0.3) is 0 Å². The Labute approximate surface area is 139 Å². The largest absolute Gasteiger partial charge is 0.390 e. The predicted molar refractivity (Wildman–Crippen MR) is 96.4 cm³/mol. The van der Waals surface area contributed by atoms with Gasteiger partial charge in [-0.3, -0.25) is 9.80 Å². The van der Waals surface area contributed by atoms with Crippen molar-refractivity contribution in [3.63, 3.8) is 0 Å². The lowest BCUT2D eigenvalue weighted by molar-refractivity contribution is 0.0757. The minimum atomic E-state index is -0.290. The van der Waals surface area contributed by atoms with E-state index < -0.39 is 0 Å². The van der Waals surface area contributed by atoms with Crippen molar-refractivity contribution in [1.29, 1.82) is 0 Å². The second-order valence-electron chi connectivity index (χ2n) is 6.55. The van der Waals surface area contributed by atoms with Gasteiger partial charge < -0.3 is 5.11 Å². The van der Waals surface area contributed by atoms with Crippen LogP contribution in [-0.4, -0.2) is 65.7 Å². The van der Waals surface area contributed by atoms with Crippen LogP contribution < -0.4 is 0 Å². The lowest BCUT2D eigenvalue weighted by Crippen LogP contribution is -2.43. The van der Waals surface area contributed by atoms with Crippen molar-refractivity contribution in [2.45, 2.75) is 43.2 Å². The fraction of sp³-hybridized carbons (Fsp3) is 0.667. The lowest BCUT2D eigenvalue weighted by atomic mass is 10.2. The molecule has 0 heterocycles. The molecule has 0 aromatic heterocycles. The Morgan fingerprint density at radius 1 is 1.18 bits per heavy atom. The van der Waals surface area contributed by atoms with E-state index in [0.717, 1.165) is 24.9 Å². The maximum absolute atomic E-state index is 10.4. The summed E-state index contributed by atoms with van der Waals surface area (Å²) in [5, 5.41) is 11.1. The van der Waals surface area contributed by atoms with Crippen LogP contribution in [-0.2, 0) is 6.54 Å². The van der Waals surface area contributed by atoms with E-state index in [1.807, 2.05) is 17.8 Å². The Hall–Kier alpha value is -0.550. The second kappa shape index (κ2) is 8.92. The molecule has 0 radical (unpaired) electrons. The van der Waals surface area contributed by atoms with Gasteiger partial charge in [0.2, 0.25) is 0 Å². The summed E-state index contributed by atoms with van der Waals surface area (Å²) in [4.78, 5) is 4.57. The van der Waals surface area contributed by atoms with E-state index in [2.05, 4.69) is 54.4 Å². The molecule has 0 aliphatic heterocycles. The molecule has 1 aromatic rings. The molecule has 1 aromatic carbocycles. The number of aliphatic hydroxyl groups is 1. The van der Waals surface area contributed by atoms with E-state index in [9.17, 15) is 5.11 Å². The van der Waals surface area contributed by atoms with Gasteiger partial charge in [-0.25, -0.2) is 0 Å². The zero-order chi connectivity index (χ0) is 15.9. The van der Waals surface area contributed by atoms with Gasteiger partial charge in [0.05, 0.1) is 6.10 Å². The SMILES string of the molecule is CSC1CCCC1N(C)CC(O)CN(C)Cc1ccccc1. The average molecular weight is 323 g/mol. The van der Waals surface area contributed by atoms with E-state index in [-0.39, 0.29) is 6.10 Å². The van der Waals surface area contributed by atoms with Crippen LogP contribution in [0, 0.1) is 0 Å². The van der Waals surface area contributed by atoms with Crippen LogP contribution in [0.4, 0.5) is 0 Å². The normalized spacial score (nSPS) is 23.4. The number of benzene rings is 1. The summed E-state index contributed by atoms with van der Waals surface area (Å²) < 4.78 is 0. The number of likely N-dealkylation sites (N-methyl/N-ethyl adjacent to an activating group) is 2. The summed E-state index contributed by atoms with van der Waals surface area (Å²) in [6.07, 6.45) is 5.84. The van der Waals surface area contributed by atoms with Gasteiger partial charge in [0, 0.05) is 30.9 Å². The molecule has 3 atom stereocenters. The third kappa shape index (κ3) is 5.27. The molecule has 22 heavy (non-hydrogen) atoms. The monoisotopic (exact) mass is 322 g/mol. The molecule has 1 fully saturated rings. The summed E-state index contributed by atoms with van der Waals surface area (Å²) in [5.41, 5.74) is 1.30. The minimum absolute atomic E-state index is 0.290. The average Bonchev–Trinajstić information content (AvgIpc) is 2.96. The highest BCUT2D eigenvalue weighted by molar-refractivity contribution is 7.99. The number of hydrogen-bond donors (Lipinski definition) is 1. The molecule has 2 rings (SSSR count). The van der Waals surface area contributed by atoms with Crippen molar-refractivity contribution < 1.29 is 5.11 Å². The minimum Gasteiger partial charge on any atom is -0.390 e. The fourth-order valence-corrected chi connectivity index (χ4v) is 4.59. The molecule has 1 aliphatic rings. The number of aliphatic hydroxyl groups excluding tert-OH is 1. The third-order valence-corrected chi connectivity index (χ3v) is 5.76. The number of thioether (sulfide) groups is 1. The topological polar surface area (TPSA) is 26.7 Å². The number of hydrogen-bond acceptors (Lipinski definition) is 4. The first-order valence-corrected chi connectivity index (χ1v) is 9.52. The molecule has 3 unspecified atom stereocenters. The molecule has 0 amide bonds. The van der Waals surface area contributed by atoms with Crippen LogP contribution in [0.15, 0.2) is 30.3 Å². The van der Waals surface area contributed by atoms with Crippen molar-refractivity contribution in [3.05, 3.63) is 35.9 Å². The predicted octanol–water partition coefficient (Wildman–Crippen LogP) is 2.70. The van der Waals surface area contributed by atoms with Crippen molar-refractivity contribution >= 4 is 11.8 Å². The first-order valence-electron chi connectivity index (χ1n) is 8.23. The van der Waals surface area contributed by atoms with Crippen LogP contribution in [0.1, 0.15) is 24.8 Å². The highest BCUT2D eigenvalue weighted by Crippen LogP contribution is 2.31. The molecule has 3 nitrogen and oxygen atoms in total. The third-order valence-electron chi connectivity index (χ3n) is 4.60. The van der Waals surface area contributed by atoms with Gasteiger partial charge in [0.25, 0.3) is 0 Å². The molecule has 0 saturated heterocycles. The molecule has 0 spiro atoms. The fourth-order valence-electron chi connectivity index (χ4n) is 3.53. The van der Waals surface area contributed by atoms with E-state index >= 15 is 0 Å². The zero-order valence-corrected chi connectivity index (χ0v) is 14.9. The summed E-state index contributed by atoms with van der Waals surface area (Å²) in [7, 11) is 4.25. The van der Waals surface area contributed by atoms with Crippen LogP contribution >= 0.6 is 11.8 Å². The van der Waals surface area contributed by atoms with Crippen molar-refractivity contribution in [1.82, 2.24) is 9.80 Å². The highest BCUT2D eigenvalue weighted by atomic mass is 32.2. The van der Waals surface area contributed by atoms with Gasteiger partial charge in [-0.1, -0.05) is 36.8 Å². The first kappa shape index (κ1) is 17.8. The quantitative estimate of drug-likeness (QED) is 0.796. The molecule has 124 valence electrons. The summed E-state index contributed by atoms with van der Waals surface area (Å²) in [6.45, 7) is 2.37. The Morgan fingerprint density at radius 2 is 1.91 bits per heavy atom. The number of nitrogens with zero attached hydrogens (tertiary/aromatic N) is 2. The van der Waals surface area contributed by atoms with Gasteiger partial charge in [0.15, 0.2) is 0 Å². The summed E-state index contributed by atoms with van der Waals surface area (Å²) in [5.74, 6) is 0. The summed E-state index contributed by atoms with van der Waals surface area (Å²) >= 11 is 1.98. The van der Waals surface area contributed by atoms with Crippen LogP contribution in [0.3, 0.4) is 0 Å². The molecule has 4 heteroatoms. The van der Waals surface area contributed by atoms with Gasteiger partial charge in [-0.05, 0) is 38.8 Å². The van der Waals surface area contributed by atoms with Gasteiger partial charge in [0.1, 0.15) is 0 Å². The smallest absolute Gasteiger partial charge is 0.0793 e. The van der Waals surface area contributed by atoms with Crippen molar-refractivity contribution in [2.24, 2.45) is 0 Å². The van der Waals surface area contributed by atoms with Crippen molar-refractivity contribution in [3.8, 4) is 0 Å². The second-order valence-corrected chi connectivity index (χ2v) is 7.63. The van der Waals surface area contributed by atoms with Crippen molar-refractivity contribution in [2.75, 3.05) is 33.4 Å². The molecule has 0 bridgehead atoms. The molecule has 1 N–H and O–H groups in total. The van der Waals surface area contributed by atoms with Crippen LogP contribution in [0.5, 0.6) is 0 Å². The molecular formula is C18H30N2OS. The molecule has 1 saturated carbocycles. The Bertz CT molecular complexity index is 428. The Morgan fingerprint density at radius 3 is 2.59 bits per heavy atom. The van der Waals surface area contributed by atoms with E-state index in [4.69, 9.17) is 0 Å². The zero-order valence-electron chi connectivity index (χ0n) is 14.1. The Kier molecular flexibility index (Phi) is 7.22. The molecular weight excluding hydrogens is 292 g/mol. The van der Waals surface area contributed by atoms with E-state index in [0.29, 0.717) is 6.04 Å². The van der Waals surface area contributed by atoms with Gasteiger partial charge in [-0.2, -0.15) is 11.8 Å². The maximum Gasteiger partial charge on any atom is 0.0793 e. The van der Waals surface area contributed by atoms with E-state index in [1.54, 1.807) is 0 Å². The standard InChI is InChI=1S/C18H30N2OS/c1-19(12-15-8-5-4-6-9-15)13-16(21)14-20(2)17-10-7-11-18(17)22-3/h4-6,8-9,16-18,21H,7,10-14H2,1-3H3. The first-order chi connectivity index (χ1) is 10.6. The maximum atomic E-state index is 10.4. The summed E-state index contributed by atoms with van der Waals surface area (Å²) in [6, 6.07) is 11.1. The van der Waals surface area contributed by atoms with E-state index in [1.165, 1.54) is 24.8 Å². The van der Waals surface area contributed by atoms with Gasteiger partial charge >= 0.3 is 0 Å². The van der Waals surface area contributed by atoms with Gasteiger partial charge in [-0.15, -0.1) is 0 Å². The lowest BCUT2D eigenvalue weighted by Gasteiger charge is -2.31. The Balaban J connectivity index is 1.75.